The predicted molar refractivity (Wildman–Crippen MR) is 132 cm³/mol. The maximum atomic E-state index is 13.4. The number of halogens is 7. The molecule has 0 bridgehead atoms. The first-order valence-electron chi connectivity index (χ1n) is 11.1. The number of alkyl halides is 6. The predicted octanol–water partition coefficient (Wildman–Crippen LogP) is 6.26. The summed E-state index contributed by atoms with van der Waals surface area (Å²) in [6.45, 7) is -1.14. The molecule has 6 nitrogen and oxygen atoms in total. The van der Waals surface area contributed by atoms with E-state index >= 15 is 0 Å². The molecule has 0 saturated carbocycles. The minimum absolute atomic E-state index is 0.0327. The number of ether oxygens (including phenoxy) is 1. The van der Waals surface area contributed by atoms with E-state index in [1.807, 2.05) is 5.32 Å². The van der Waals surface area contributed by atoms with Crippen molar-refractivity contribution < 1.29 is 44.3 Å². The summed E-state index contributed by atoms with van der Waals surface area (Å²) in [4.78, 5) is 12.5. The lowest BCUT2D eigenvalue weighted by molar-refractivity contribution is -0.143. The Morgan fingerprint density at radius 1 is 0.923 bits per heavy atom. The molecule has 1 N–H and O–H groups in total. The summed E-state index contributed by atoms with van der Waals surface area (Å²) in [7, 11) is -3.07. The summed E-state index contributed by atoms with van der Waals surface area (Å²) in [5.74, 6) is -0.965. The Labute approximate surface area is 225 Å². The first-order chi connectivity index (χ1) is 18.1. The standard InChI is InChI=1S/C25H21ClF6N2O4S/c1-38-22-8-7-20(14-21(22)26)39(36,37)34(10-9-16-5-3-2-4-6-16)15-23(35)33-19-12-17(24(27,28)29)11-18(13-19)25(30,31)32/h2-8,11-14H,9-10,15H2,1H3,(H,33,35). The Hall–Kier alpha value is -3.29. The monoisotopic (exact) mass is 594 g/mol. The molecule has 0 saturated heterocycles. The van der Waals surface area contributed by atoms with Gasteiger partial charge in [-0.15, -0.1) is 0 Å². The van der Waals surface area contributed by atoms with Crippen LogP contribution in [0.2, 0.25) is 5.02 Å². The van der Waals surface area contributed by atoms with E-state index in [1.54, 1.807) is 30.3 Å². The van der Waals surface area contributed by atoms with Crippen molar-refractivity contribution in [2.75, 3.05) is 25.5 Å². The van der Waals surface area contributed by atoms with Crippen molar-refractivity contribution in [2.45, 2.75) is 23.7 Å². The van der Waals surface area contributed by atoms with Crippen LogP contribution in [0.3, 0.4) is 0 Å². The van der Waals surface area contributed by atoms with Crippen molar-refractivity contribution in [1.82, 2.24) is 4.31 Å². The van der Waals surface area contributed by atoms with Crippen LogP contribution < -0.4 is 10.1 Å². The van der Waals surface area contributed by atoms with E-state index in [-0.39, 0.29) is 34.7 Å². The quantitative estimate of drug-likeness (QED) is 0.297. The Kier molecular flexibility index (Phi) is 9.19. The number of amides is 1. The van der Waals surface area contributed by atoms with Gasteiger partial charge in [-0.2, -0.15) is 30.6 Å². The maximum Gasteiger partial charge on any atom is 0.416 e. The van der Waals surface area contributed by atoms with Crippen molar-refractivity contribution in [1.29, 1.82) is 0 Å². The molecule has 1 amide bonds. The van der Waals surface area contributed by atoms with E-state index in [9.17, 15) is 39.6 Å². The number of sulfonamides is 1. The van der Waals surface area contributed by atoms with Crippen molar-refractivity contribution >= 4 is 33.2 Å². The molecule has 3 aromatic carbocycles. The average molecular weight is 595 g/mol. The molecule has 0 fully saturated rings. The molecule has 39 heavy (non-hydrogen) atoms. The number of nitrogens with one attached hydrogen (secondary N) is 1. The lowest BCUT2D eigenvalue weighted by Crippen LogP contribution is -2.39. The topological polar surface area (TPSA) is 75.7 Å². The molecular formula is C25H21ClF6N2O4S. The molecule has 0 atom stereocenters. The van der Waals surface area contributed by atoms with E-state index in [0.29, 0.717) is 12.1 Å². The number of rotatable bonds is 9. The van der Waals surface area contributed by atoms with Crippen molar-refractivity contribution in [3.63, 3.8) is 0 Å². The van der Waals surface area contributed by atoms with Gasteiger partial charge in [0.2, 0.25) is 15.9 Å². The Morgan fingerprint density at radius 2 is 1.51 bits per heavy atom. The van der Waals surface area contributed by atoms with Crippen LogP contribution >= 0.6 is 11.6 Å². The fraction of sp³-hybridized carbons (Fsp3) is 0.240. The highest BCUT2D eigenvalue weighted by atomic mass is 35.5. The molecular weight excluding hydrogens is 574 g/mol. The molecule has 14 heteroatoms. The number of benzene rings is 3. The highest BCUT2D eigenvalue weighted by molar-refractivity contribution is 7.89. The molecule has 0 aliphatic rings. The fourth-order valence-electron chi connectivity index (χ4n) is 3.53. The third-order valence-electron chi connectivity index (χ3n) is 5.45. The molecule has 0 radical (unpaired) electrons. The molecule has 210 valence electrons. The number of hydrogen-bond donors (Lipinski definition) is 1. The highest BCUT2D eigenvalue weighted by Gasteiger charge is 2.37. The average Bonchev–Trinajstić information content (AvgIpc) is 2.85. The van der Waals surface area contributed by atoms with Crippen LogP contribution in [0.25, 0.3) is 0 Å². The number of carbonyl (C=O) groups is 1. The maximum absolute atomic E-state index is 13.4. The second-order valence-corrected chi connectivity index (χ2v) is 10.6. The van der Waals surface area contributed by atoms with Crippen LogP contribution in [-0.4, -0.2) is 38.8 Å². The van der Waals surface area contributed by atoms with Crippen LogP contribution in [0, 0.1) is 0 Å². The molecule has 3 aromatic rings. The minimum atomic E-state index is -5.13. The van der Waals surface area contributed by atoms with E-state index in [4.69, 9.17) is 16.3 Å². The molecule has 0 heterocycles. The minimum Gasteiger partial charge on any atom is -0.495 e. The summed E-state index contributed by atoms with van der Waals surface area (Å²) in [5, 5.41) is 1.92. The van der Waals surface area contributed by atoms with Gasteiger partial charge < -0.3 is 10.1 Å². The summed E-state index contributed by atoms with van der Waals surface area (Å²) in [6.07, 6.45) is -10.1. The number of nitrogens with zero attached hydrogens (tertiary/aromatic N) is 1. The third kappa shape index (κ3) is 7.87. The normalized spacial score (nSPS) is 12.4. The van der Waals surface area contributed by atoms with E-state index < -0.39 is 51.6 Å². The first-order valence-corrected chi connectivity index (χ1v) is 12.9. The van der Waals surface area contributed by atoms with E-state index in [0.717, 1.165) is 15.9 Å². The second kappa shape index (κ2) is 11.8. The molecule has 3 rings (SSSR count). The number of carbonyl (C=O) groups excluding carboxylic acids is 1. The van der Waals surface area contributed by atoms with E-state index in [1.165, 1.54) is 19.2 Å². The van der Waals surface area contributed by atoms with Gasteiger partial charge >= 0.3 is 12.4 Å². The van der Waals surface area contributed by atoms with Gasteiger partial charge in [0, 0.05) is 12.2 Å². The smallest absolute Gasteiger partial charge is 0.416 e. The molecule has 0 aliphatic carbocycles. The van der Waals surface area contributed by atoms with Crippen molar-refractivity contribution in [3.8, 4) is 5.75 Å². The molecule has 0 aliphatic heterocycles. The van der Waals surface area contributed by atoms with Crippen LogP contribution in [-0.2, 0) is 33.6 Å². The molecule has 0 aromatic heterocycles. The largest absolute Gasteiger partial charge is 0.495 e. The van der Waals surface area contributed by atoms with Gasteiger partial charge in [-0.3, -0.25) is 4.79 Å². The summed E-state index contributed by atoms with van der Waals surface area (Å²) < 4.78 is 112. The third-order valence-corrected chi connectivity index (χ3v) is 7.58. The zero-order valence-electron chi connectivity index (χ0n) is 20.1. The Bertz CT molecular complexity index is 1400. The van der Waals surface area contributed by atoms with Gasteiger partial charge in [-0.05, 0) is 48.4 Å². The lowest BCUT2D eigenvalue weighted by atomic mass is 10.1. The van der Waals surface area contributed by atoms with Crippen LogP contribution in [0.5, 0.6) is 5.75 Å². The van der Waals surface area contributed by atoms with Gasteiger partial charge in [0.25, 0.3) is 0 Å². The van der Waals surface area contributed by atoms with E-state index in [2.05, 4.69) is 0 Å². The van der Waals surface area contributed by atoms with Crippen molar-refractivity contribution in [3.05, 3.63) is 88.4 Å². The van der Waals surface area contributed by atoms with Gasteiger partial charge in [0.05, 0.1) is 34.7 Å². The second-order valence-electron chi connectivity index (χ2n) is 8.21. The van der Waals surface area contributed by atoms with Gasteiger partial charge in [0.1, 0.15) is 5.75 Å². The fourth-order valence-corrected chi connectivity index (χ4v) is 5.27. The Balaban J connectivity index is 1.92. The van der Waals surface area contributed by atoms with Crippen LogP contribution in [0.15, 0.2) is 71.6 Å². The number of methoxy groups -OCH3 is 1. The van der Waals surface area contributed by atoms with Crippen LogP contribution in [0.4, 0.5) is 32.0 Å². The summed E-state index contributed by atoms with van der Waals surface area (Å²) in [6, 6.07) is 12.8. The van der Waals surface area contributed by atoms with Gasteiger partial charge in [0.15, 0.2) is 0 Å². The first kappa shape index (κ1) is 30.3. The van der Waals surface area contributed by atoms with Gasteiger partial charge in [-0.1, -0.05) is 41.9 Å². The lowest BCUT2D eigenvalue weighted by Gasteiger charge is -2.22. The molecule has 0 spiro atoms. The highest BCUT2D eigenvalue weighted by Crippen LogP contribution is 2.37. The zero-order chi connectivity index (χ0) is 29.0. The zero-order valence-corrected chi connectivity index (χ0v) is 21.7. The SMILES string of the molecule is COc1ccc(S(=O)(=O)N(CCc2ccccc2)CC(=O)Nc2cc(C(F)(F)F)cc(C(F)(F)F)c2)cc1Cl. The van der Waals surface area contributed by atoms with Crippen LogP contribution in [0.1, 0.15) is 16.7 Å². The summed E-state index contributed by atoms with van der Waals surface area (Å²) >= 11 is 6.06. The van der Waals surface area contributed by atoms with Crippen molar-refractivity contribution in [2.24, 2.45) is 0 Å². The number of hydrogen-bond acceptors (Lipinski definition) is 4. The molecule has 0 unspecified atom stereocenters. The number of anilines is 1. The summed E-state index contributed by atoms with van der Waals surface area (Å²) in [5.41, 5.74) is -3.34. The van der Waals surface area contributed by atoms with Gasteiger partial charge in [-0.25, -0.2) is 8.42 Å². The Morgan fingerprint density at radius 3 is 2.03 bits per heavy atom.